The molecular weight excluding hydrogens is 212 g/mol. The summed E-state index contributed by atoms with van der Waals surface area (Å²) in [6.45, 7) is 0.292. The van der Waals surface area contributed by atoms with Crippen molar-refractivity contribution in [3.8, 4) is 0 Å². The molecule has 3 nitrogen and oxygen atoms in total. The first-order valence-electron chi connectivity index (χ1n) is 6.29. The molecule has 1 aromatic carbocycles. The first-order chi connectivity index (χ1) is 8.13. The molecule has 0 fully saturated rings. The quantitative estimate of drug-likeness (QED) is 0.820. The maximum atomic E-state index is 10.0. The zero-order valence-corrected chi connectivity index (χ0v) is 10.7. The van der Waals surface area contributed by atoms with Gasteiger partial charge in [-0.3, -0.25) is 0 Å². The van der Waals surface area contributed by atoms with E-state index in [0.717, 1.165) is 0 Å². The molecule has 0 spiro atoms. The van der Waals surface area contributed by atoms with Crippen molar-refractivity contribution in [1.29, 1.82) is 0 Å². The lowest BCUT2D eigenvalue weighted by atomic mass is 9.96. The molecule has 0 bridgehead atoms. The van der Waals surface area contributed by atoms with Gasteiger partial charge in [-0.2, -0.15) is 0 Å². The summed E-state index contributed by atoms with van der Waals surface area (Å²) in [5.41, 5.74) is 9.67. The molecule has 3 heteroatoms. The van der Waals surface area contributed by atoms with E-state index in [-0.39, 0.29) is 6.04 Å². The van der Waals surface area contributed by atoms with E-state index in [1.807, 2.05) is 19.0 Å². The van der Waals surface area contributed by atoms with Gasteiger partial charge in [0.1, 0.15) is 0 Å². The second-order valence-corrected chi connectivity index (χ2v) is 5.09. The van der Waals surface area contributed by atoms with E-state index < -0.39 is 6.10 Å². The predicted octanol–water partition coefficient (Wildman–Crippen LogP) is 1.10. The number of fused-ring (bicyclic) bond motifs is 1. The molecule has 0 amide bonds. The fourth-order valence-electron chi connectivity index (χ4n) is 2.77. The third-order valence-electron chi connectivity index (χ3n) is 3.63. The highest BCUT2D eigenvalue weighted by atomic mass is 16.3. The average Bonchev–Trinajstić information content (AvgIpc) is 2.75. The number of rotatable bonds is 4. The zero-order chi connectivity index (χ0) is 12.4. The molecule has 2 rings (SSSR count). The average molecular weight is 234 g/mol. The van der Waals surface area contributed by atoms with Gasteiger partial charge in [0.25, 0.3) is 0 Å². The number of aliphatic hydroxyl groups excluding tert-OH is 1. The Hall–Kier alpha value is -0.900. The van der Waals surface area contributed by atoms with Gasteiger partial charge in [0.15, 0.2) is 0 Å². The summed E-state index contributed by atoms with van der Waals surface area (Å²) in [6, 6.07) is 6.57. The molecule has 0 radical (unpaired) electrons. The third-order valence-corrected chi connectivity index (χ3v) is 3.63. The number of nitrogens with two attached hydrogens (primary N) is 1. The van der Waals surface area contributed by atoms with Gasteiger partial charge in [0.2, 0.25) is 0 Å². The lowest BCUT2D eigenvalue weighted by molar-refractivity contribution is 0.0823. The van der Waals surface area contributed by atoms with Crippen molar-refractivity contribution < 1.29 is 5.11 Å². The highest BCUT2D eigenvalue weighted by molar-refractivity contribution is 5.37. The Kier molecular flexibility index (Phi) is 3.82. The van der Waals surface area contributed by atoms with Gasteiger partial charge in [0.05, 0.1) is 12.1 Å². The largest absolute Gasteiger partial charge is 0.390 e. The van der Waals surface area contributed by atoms with Crippen molar-refractivity contribution in [2.45, 2.75) is 31.4 Å². The van der Waals surface area contributed by atoms with Gasteiger partial charge in [-0.1, -0.05) is 18.2 Å². The van der Waals surface area contributed by atoms with E-state index in [2.05, 4.69) is 18.2 Å². The second kappa shape index (κ2) is 5.17. The van der Waals surface area contributed by atoms with E-state index in [1.165, 1.54) is 36.0 Å². The summed E-state index contributed by atoms with van der Waals surface area (Å²) < 4.78 is 0. The van der Waals surface area contributed by atoms with E-state index in [4.69, 9.17) is 5.73 Å². The van der Waals surface area contributed by atoms with Crippen LogP contribution < -0.4 is 5.73 Å². The van der Waals surface area contributed by atoms with Crippen LogP contribution in [0, 0.1) is 0 Å². The Labute approximate surface area is 103 Å². The molecule has 0 aromatic heterocycles. The molecule has 94 valence electrons. The molecule has 3 N–H and O–H groups in total. The van der Waals surface area contributed by atoms with Crippen LogP contribution in [0.3, 0.4) is 0 Å². The minimum Gasteiger partial charge on any atom is -0.390 e. The first kappa shape index (κ1) is 12.6. The summed E-state index contributed by atoms with van der Waals surface area (Å²) >= 11 is 0. The molecular formula is C14H22N2O. The van der Waals surface area contributed by atoms with Crippen molar-refractivity contribution in [2.24, 2.45) is 5.73 Å². The van der Waals surface area contributed by atoms with Crippen LogP contribution in [-0.2, 0) is 12.8 Å². The Balaban J connectivity index is 2.30. The van der Waals surface area contributed by atoms with E-state index in [0.29, 0.717) is 6.54 Å². The Morgan fingerprint density at radius 1 is 1.29 bits per heavy atom. The normalized spacial score (nSPS) is 18.2. The molecule has 2 unspecified atom stereocenters. The summed E-state index contributed by atoms with van der Waals surface area (Å²) in [5, 5.41) is 10.0. The van der Waals surface area contributed by atoms with Crippen LogP contribution in [0.25, 0.3) is 0 Å². The van der Waals surface area contributed by atoms with E-state index in [9.17, 15) is 5.11 Å². The molecule has 0 aliphatic heterocycles. The van der Waals surface area contributed by atoms with Gasteiger partial charge in [-0.05, 0) is 50.0 Å². The van der Waals surface area contributed by atoms with Gasteiger partial charge in [-0.25, -0.2) is 0 Å². The van der Waals surface area contributed by atoms with Crippen LogP contribution in [0.1, 0.15) is 29.2 Å². The standard InChI is InChI=1S/C14H22N2O/c1-16(2)14(13(17)9-15)12-7-6-10-4-3-5-11(10)8-12/h6-8,13-14,17H,3-5,9,15H2,1-2H3. The number of aryl methyl sites for hydroxylation is 2. The van der Waals surface area contributed by atoms with Crippen molar-refractivity contribution in [1.82, 2.24) is 4.90 Å². The van der Waals surface area contributed by atoms with Crippen LogP contribution >= 0.6 is 0 Å². The molecule has 1 aliphatic rings. The minimum absolute atomic E-state index is 0.00843. The van der Waals surface area contributed by atoms with Crippen LogP contribution in [-0.4, -0.2) is 36.8 Å². The van der Waals surface area contributed by atoms with Crippen molar-refractivity contribution in [2.75, 3.05) is 20.6 Å². The Bertz CT molecular complexity index is 390. The highest BCUT2D eigenvalue weighted by Crippen LogP contribution is 2.28. The van der Waals surface area contributed by atoms with Crippen molar-refractivity contribution >= 4 is 0 Å². The molecule has 2 atom stereocenters. The lowest BCUT2D eigenvalue weighted by Crippen LogP contribution is -2.36. The topological polar surface area (TPSA) is 49.5 Å². The smallest absolute Gasteiger partial charge is 0.0858 e. The lowest BCUT2D eigenvalue weighted by Gasteiger charge is -2.29. The minimum atomic E-state index is -0.510. The summed E-state index contributed by atoms with van der Waals surface area (Å²) in [4.78, 5) is 2.04. The molecule has 17 heavy (non-hydrogen) atoms. The number of hydrogen-bond donors (Lipinski definition) is 2. The number of hydrogen-bond acceptors (Lipinski definition) is 3. The Morgan fingerprint density at radius 2 is 2.00 bits per heavy atom. The maximum Gasteiger partial charge on any atom is 0.0858 e. The Morgan fingerprint density at radius 3 is 2.65 bits per heavy atom. The van der Waals surface area contributed by atoms with Crippen molar-refractivity contribution in [3.05, 3.63) is 34.9 Å². The van der Waals surface area contributed by atoms with Crippen LogP contribution in [0.2, 0.25) is 0 Å². The third kappa shape index (κ3) is 2.51. The predicted molar refractivity (Wildman–Crippen MR) is 70.0 cm³/mol. The summed E-state index contributed by atoms with van der Waals surface area (Å²) in [7, 11) is 3.97. The van der Waals surface area contributed by atoms with Gasteiger partial charge >= 0.3 is 0 Å². The fourth-order valence-corrected chi connectivity index (χ4v) is 2.77. The number of nitrogens with zero attached hydrogens (tertiary/aromatic N) is 1. The monoisotopic (exact) mass is 234 g/mol. The zero-order valence-electron chi connectivity index (χ0n) is 10.7. The van der Waals surface area contributed by atoms with Gasteiger partial charge < -0.3 is 15.7 Å². The second-order valence-electron chi connectivity index (χ2n) is 5.09. The maximum absolute atomic E-state index is 10.0. The molecule has 0 saturated carbocycles. The van der Waals surface area contributed by atoms with Crippen LogP contribution in [0.15, 0.2) is 18.2 Å². The van der Waals surface area contributed by atoms with Gasteiger partial charge in [0, 0.05) is 6.54 Å². The van der Waals surface area contributed by atoms with Gasteiger partial charge in [-0.15, -0.1) is 0 Å². The summed E-state index contributed by atoms with van der Waals surface area (Å²) in [5.74, 6) is 0. The highest BCUT2D eigenvalue weighted by Gasteiger charge is 2.23. The summed E-state index contributed by atoms with van der Waals surface area (Å²) in [6.07, 6.45) is 3.11. The van der Waals surface area contributed by atoms with Crippen molar-refractivity contribution in [3.63, 3.8) is 0 Å². The molecule has 1 aliphatic carbocycles. The molecule has 1 aromatic rings. The first-order valence-corrected chi connectivity index (χ1v) is 6.29. The SMILES string of the molecule is CN(C)C(c1ccc2c(c1)CCC2)C(O)CN. The number of benzene rings is 1. The number of likely N-dealkylation sites (N-methyl/N-ethyl adjacent to an activating group) is 1. The number of aliphatic hydroxyl groups is 1. The van der Waals surface area contributed by atoms with E-state index in [1.54, 1.807) is 0 Å². The van der Waals surface area contributed by atoms with Crippen LogP contribution in [0.5, 0.6) is 0 Å². The molecule has 0 saturated heterocycles. The molecule has 0 heterocycles. The van der Waals surface area contributed by atoms with Crippen LogP contribution in [0.4, 0.5) is 0 Å². The fraction of sp³-hybridized carbons (Fsp3) is 0.571. The van der Waals surface area contributed by atoms with E-state index >= 15 is 0 Å².